The van der Waals surface area contributed by atoms with Crippen LogP contribution in [0.25, 0.3) is 0 Å². The van der Waals surface area contributed by atoms with Gasteiger partial charge >= 0.3 is 0 Å². The Labute approximate surface area is 84.3 Å². The number of epoxide rings is 1. The SMILES string of the molecule is c1ccc(C2OC23CCNCC3)cc1. The van der Waals surface area contributed by atoms with Crippen LogP contribution in [0, 0.1) is 0 Å². The largest absolute Gasteiger partial charge is 0.361 e. The minimum absolute atomic E-state index is 0.187. The Morgan fingerprint density at radius 3 is 2.57 bits per heavy atom. The molecule has 2 aliphatic heterocycles. The van der Waals surface area contributed by atoms with Crippen molar-refractivity contribution in [3.8, 4) is 0 Å². The lowest BCUT2D eigenvalue weighted by Gasteiger charge is -2.19. The molecule has 3 rings (SSSR count). The third-order valence-electron chi connectivity index (χ3n) is 3.33. The number of hydrogen-bond donors (Lipinski definition) is 1. The maximum atomic E-state index is 5.89. The van der Waals surface area contributed by atoms with Gasteiger partial charge in [-0.2, -0.15) is 0 Å². The molecule has 1 atom stereocenters. The molecule has 0 amide bonds. The molecular weight excluding hydrogens is 174 g/mol. The predicted molar refractivity (Wildman–Crippen MR) is 55.1 cm³/mol. The third-order valence-corrected chi connectivity index (χ3v) is 3.33. The number of piperidine rings is 1. The van der Waals surface area contributed by atoms with Gasteiger partial charge in [0.2, 0.25) is 0 Å². The van der Waals surface area contributed by atoms with E-state index >= 15 is 0 Å². The molecule has 1 unspecified atom stereocenters. The molecule has 0 bridgehead atoms. The van der Waals surface area contributed by atoms with Crippen LogP contribution in [0.1, 0.15) is 24.5 Å². The van der Waals surface area contributed by atoms with Crippen LogP contribution in [0.4, 0.5) is 0 Å². The molecule has 74 valence electrons. The summed E-state index contributed by atoms with van der Waals surface area (Å²) in [7, 11) is 0. The van der Waals surface area contributed by atoms with Gasteiger partial charge in [0.25, 0.3) is 0 Å². The molecule has 2 saturated heterocycles. The van der Waals surface area contributed by atoms with Gasteiger partial charge < -0.3 is 10.1 Å². The lowest BCUT2D eigenvalue weighted by molar-refractivity contribution is 0.242. The quantitative estimate of drug-likeness (QED) is 0.682. The van der Waals surface area contributed by atoms with Crippen molar-refractivity contribution in [3.63, 3.8) is 0 Å². The van der Waals surface area contributed by atoms with Gasteiger partial charge in [0.05, 0.1) is 0 Å². The van der Waals surface area contributed by atoms with Crippen molar-refractivity contribution in [3.05, 3.63) is 35.9 Å². The van der Waals surface area contributed by atoms with E-state index in [4.69, 9.17) is 4.74 Å². The summed E-state index contributed by atoms with van der Waals surface area (Å²) in [6.45, 7) is 2.20. The third kappa shape index (κ3) is 1.26. The summed E-state index contributed by atoms with van der Waals surface area (Å²) in [6, 6.07) is 10.6. The molecule has 2 fully saturated rings. The van der Waals surface area contributed by atoms with Gasteiger partial charge in [0, 0.05) is 0 Å². The van der Waals surface area contributed by atoms with E-state index in [1.165, 1.54) is 5.56 Å². The first kappa shape index (κ1) is 8.45. The van der Waals surface area contributed by atoms with Gasteiger partial charge in [-0.05, 0) is 31.5 Å². The summed E-state index contributed by atoms with van der Waals surface area (Å²) < 4.78 is 5.89. The standard InChI is InChI=1S/C12H15NO/c1-2-4-10(5-3-1)11-12(14-11)6-8-13-9-7-12/h1-5,11,13H,6-9H2. The van der Waals surface area contributed by atoms with Gasteiger partial charge in [-0.3, -0.25) is 0 Å². The number of benzene rings is 1. The second-order valence-electron chi connectivity index (χ2n) is 4.22. The molecule has 0 radical (unpaired) electrons. The van der Waals surface area contributed by atoms with Crippen LogP contribution in [0.2, 0.25) is 0 Å². The number of nitrogens with one attached hydrogen (secondary N) is 1. The highest BCUT2D eigenvalue weighted by Gasteiger charge is 2.56. The second kappa shape index (κ2) is 3.07. The molecule has 2 heteroatoms. The minimum atomic E-state index is 0.187. The average Bonchev–Trinajstić information content (AvgIpc) is 2.95. The van der Waals surface area contributed by atoms with Gasteiger partial charge in [-0.25, -0.2) is 0 Å². The van der Waals surface area contributed by atoms with E-state index in [-0.39, 0.29) is 5.60 Å². The van der Waals surface area contributed by atoms with Crippen molar-refractivity contribution in [1.29, 1.82) is 0 Å². The summed E-state index contributed by atoms with van der Waals surface area (Å²) in [4.78, 5) is 0. The Kier molecular flexibility index (Phi) is 1.85. The summed E-state index contributed by atoms with van der Waals surface area (Å²) >= 11 is 0. The van der Waals surface area contributed by atoms with Crippen molar-refractivity contribution in [2.75, 3.05) is 13.1 Å². The average molecular weight is 189 g/mol. The molecular formula is C12H15NO. The maximum absolute atomic E-state index is 5.89. The normalized spacial score (nSPS) is 29.0. The monoisotopic (exact) mass is 189 g/mol. The molecule has 1 aromatic rings. The zero-order valence-electron chi connectivity index (χ0n) is 8.20. The van der Waals surface area contributed by atoms with E-state index in [0.29, 0.717) is 6.10 Å². The van der Waals surface area contributed by atoms with Crippen molar-refractivity contribution < 1.29 is 4.74 Å². The minimum Gasteiger partial charge on any atom is -0.361 e. The smallest absolute Gasteiger partial charge is 0.112 e. The summed E-state index contributed by atoms with van der Waals surface area (Å²) in [5, 5.41) is 3.37. The summed E-state index contributed by atoms with van der Waals surface area (Å²) in [5.41, 5.74) is 1.53. The van der Waals surface area contributed by atoms with Crippen LogP contribution >= 0.6 is 0 Å². The molecule has 2 aliphatic rings. The van der Waals surface area contributed by atoms with Gasteiger partial charge in [0.1, 0.15) is 11.7 Å². The van der Waals surface area contributed by atoms with E-state index in [1.807, 2.05) is 0 Å². The Hall–Kier alpha value is -0.860. The van der Waals surface area contributed by atoms with Crippen LogP contribution in [0.5, 0.6) is 0 Å². The molecule has 1 aromatic carbocycles. The Morgan fingerprint density at radius 2 is 1.86 bits per heavy atom. The van der Waals surface area contributed by atoms with Crippen molar-refractivity contribution in [1.82, 2.24) is 5.32 Å². The van der Waals surface area contributed by atoms with E-state index in [9.17, 15) is 0 Å². The highest BCUT2D eigenvalue weighted by Crippen LogP contribution is 2.54. The first-order valence-electron chi connectivity index (χ1n) is 5.34. The Morgan fingerprint density at radius 1 is 1.14 bits per heavy atom. The number of ether oxygens (including phenoxy) is 1. The molecule has 0 saturated carbocycles. The number of hydrogen-bond acceptors (Lipinski definition) is 2. The zero-order chi connectivity index (χ0) is 9.43. The molecule has 0 aromatic heterocycles. The van der Waals surface area contributed by atoms with Crippen molar-refractivity contribution in [2.45, 2.75) is 24.5 Å². The van der Waals surface area contributed by atoms with Gasteiger partial charge in [0.15, 0.2) is 0 Å². The van der Waals surface area contributed by atoms with Crippen LogP contribution < -0.4 is 5.32 Å². The molecule has 1 spiro atoms. The topological polar surface area (TPSA) is 24.6 Å². The Bertz CT molecular complexity index is 316. The highest BCUT2D eigenvalue weighted by molar-refractivity contribution is 5.26. The molecule has 1 N–H and O–H groups in total. The van der Waals surface area contributed by atoms with E-state index in [0.717, 1.165) is 25.9 Å². The van der Waals surface area contributed by atoms with E-state index in [1.54, 1.807) is 0 Å². The van der Waals surface area contributed by atoms with E-state index < -0.39 is 0 Å². The fourth-order valence-electron chi connectivity index (χ4n) is 2.43. The molecule has 14 heavy (non-hydrogen) atoms. The van der Waals surface area contributed by atoms with Gasteiger partial charge in [-0.1, -0.05) is 30.3 Å². The highest BCUT2D eigenvalue weighted by atomic mass is 16.6. The van der Waals surface area contributed by atoms with Crippen LogP contribution in [-0.2, 0) is 4.74 Å². The first-order chi connectivity index (χ1) is 6.91. The first-order valence-corrected chi connectivity index (χ1v) is 5.34. The maximum Gasteiger partial charge on any atom is 0.112 e. The number of rotatable bonds is 1. The fourth-order valence-corrected chi connectivity index (χ4v) is 2.43. The molecule has 0 aliphatic carbocycles. The molecule has 2 heterocycles. The van der Waals surface area contributed by atoms with Crippen LogP contribution in [-0.4, -0.2) is 18.7 Å². The second-order valence-corrected chi connectivity index (χ2v) is 4.22. The summed E-state index contributed by atoms with van der Waals surface area (Å²) in [5.74, 6) is 0. The molecule has 2 nitrogen and oxygen atoms in total. The van der Waals surface area contributed by atoms with Crippen molar-refractivity contribution >= 4 is 0 Å². The zero-order valence-corrected chi connectivity index (χ0v) is 8.20. The summed E-state index contributed by atoms with van der Waals surface area (Å²) in [6.07, 6.45) is 2.69. The lowest BCUT2D eigenvalue weighted by atomic mass is 9.91. The lowest BCUT2D eigenvalue weighted by Crippen LogP contribution is -2.33. The Balaban J connectivity index is 1.78. The van der Waals surface area contributed by atoms with Gasteiger partial charge in [-0.15, -0.1) is 0 Å². The van der Waals surface area contributed by atoms with Crippen molar-refractivity contribution in [2.24, 2.45) is 0 Å². The fraction of sp³-hybridized carbons (Fsp3) is 0.500. The van der Waals surface area contributed by atoms with Crippen LogP contribution in [0.3, 0.4) is 0 Å². The van der Waals surface area contributed by atoms with Crippen LogP contribution in [0.15, 0.2) is 30.3 Å². The predicted octanol–water partition coefficient (Wildman–Crippen LogP) is 1.88. The van der Waals surface area contributed by atoms with E-state index in [2.05, 4.69) is 35.6 Å².